The van der Waals surface area contributed by atoms with Gasteiger partial charge in [0.2, 0.25) is 0 Å². The highest BCUT2D eigenvalue weighted by Gasteiger charge is 2.09. The van der Waals surface area contributed by atoms with Crippen molar-refractivity contribution in [3.63, 3.8) is 0 Å². The third-order valence-electron chi connectivity index (χ3n) is 2.70. The van der Waals surface area contributed by atoms with Crippen LogP contribution >= 0.6 is 0 Å². The van der Waals surface area contributed by atoms with E-state index in [4.69, 9.17) is 15.9 Å². The van der Waals surface area contributed by atoms with Crippen LogP contribution in [0, 0.1) is 12.5 Å². The summed E-state index contributed by atoms with van der Waals surface area (Å²) in [7, 11) is 0. The molecule has 0 aliphatic carbocycles. The van der Waals surface area contributed by atoms with Crippen LogP contribution in [0.1, 0.15) is 37.8 Å². The van der Waals surface area contributed by atoms with Crippen LogP contribution in [-0.4, -0.2) is 11.7 Å². The Labute approximate surface area is 109 Å². The van der Waals surface area contributed by atoms with Gasteiger partial charge in [0.05, 0.1) is 6.61 Å². The van der Waals surface area contributed by atoms with Crippen molar-refractivity contribution in [2.75, 3.05) is 6.61 Å². The molecule has 0 aliphatic rings. The van der Waals surface area contributed by atoms with Crippen LogP contribution in [0.15, 0.2) is 12.1 Å². The van der Waals surface area contributed by atoms with Gasteiger partial charge in [-0.2, -0.15) is 0 Å². The average molecular weight is 248 g/mol. The van der Waals surface area contributed by atoms with Crippen molar-refractivity contribution in [2.24, 2.45) is 0 Å². The van der Waals surface area contributed by atoms with Crippen LogP contribution in [0.3, 0.4) is 0 Å². The summed E-state index contributed by atoms with van der Waals surface area (Å²) in [5.74, 6) is 0.847. The largest absolute Gasteiger partial charge is 0.507 e. The number of terminal acetylenes is 1. The van der Waals surface area contributed by atoms with Crippen LogP contribution in [0.25, 0.3) is 0 Å². The zero-order chi connectivity index (χ0) is 13.4. The normalized spacial score (nSPS) is 10.1. The molecule has 0 heterocycles. The Balaban J connectivity index is 2.81. The lowest BCUT2D eigenvalue weighted by Crippen LogP contribution is -1.98. The number of phenols is 1. The first-order valence-corrected chi connectivity index (χ1v) is 6.27. The molecule has 1 N–H and O–H groups in total. The summed E-state index contributed by atoms with van der Waals surface area (Å²) in [4.78, 5) is 0. The summed E-state index contributed by atoms with van der Waals surface area (Å²) in [5.41, 5.74) is 1.53. The summed E-state index contributed by atoms with van der Waals surface area (Å²) in [6, 6.07) is 3.48. The fourth-order valence-corrected chi connectivity index (χ4v) is 1.66. The molecular weight excluding hydrogens is 228 g/mol. The molecule has 0 saturated carbocycles. The van der Waals surface area contributed by atoms with E-state index in [1.165, 1.54) is 0 Å². The molecular formula is C15H20O3. The summed E-state index contributed by atoms with van der Waals surface area (Å²) >= 11 is 0. The van der Waals surface area contributed by atoms with Crippen molar-refractivity contribution in [3.8, 4) is 24.0 Å². The maximum absolute atomic E-state index is 10.1. The molecule has 98 valence electrons. The number of aromatic hydroxyl groups is 1. The summed E-state index contributed by atoms with van der Waals surface area (Å²) in [6.07, 6.45) is 10.1. The zero-order valence-electron chi connectivity index (χ0n) is 11.0. The molecule has 0 aliphatic heterocycles. The van der Waals surface area contributed by atoms with E-state index >= 15 is 0 Å². The van der Waals surface area contributed by atoms with E-state index in [1.807, 2.05) is 6.92 Å². The van der Waals surface area contributed by atoms with E-state index in [-0.39, 0.29) is 5.75 Å². The van der Waals surface area contributed by atoms with Crippen LogP contribution in [-0.2, 0) is 17.8 Å². The Morgan fingerprint density at radius 2 is 2.00 bits per heavy atom. The molecule has 3 heteroatoms. The first kappa shape index (κ1) is 14.4. The quantitative estimate of drug-likeness (QED) is 0.594. The minimum absolute atomic E-state index is 0.276. The maximum Gasteiger partial charge on any atom is 0.141 e. The topological polar surface area (TPSA) is 38.7 Å². The lowest BCUT2D eigenvalue weighted by atomic mass is 10.1. The molecule has 1 aromatic rings. The molecule has 0 unspecified atom stereocenters. The van der Waals surface area contributed by atoms with Crippen molar-refractivity contribution in [2.45, 2.75) is 39.7 Å². The predicted molar refractivity (Wildman–Crippen MR) is 71.5 cm³/mol. The highest BCUT2D eigenvalue weighted by atomic mass is 16.5. The number of rotatable bonds is 7. The summed E-state index contributed by atoms with van der Waals surface area (Å²) in [6.45, 7) is 5.14. The molecule has 1 aromatic carbocycles. The standard InChI is InChI=1S/C15H20O3/c1-4-7-8-17-11-13-10-14(18-6-3)9-12(5-2)15(13)16/h3,9-10,16H,4-5,7-8,11H2,1-2H3. The highest BCUT2D eigenvalue weighted by molar-refractivity contribution is 5.46. The van der Waals surface area contributed by atoms with Gasteiger partial charge in [-0.3, -0.25) is 0 Å². The monoisotopic (exact) mass is 248 g/mol. The number of phenolic OH excluding ortho intramolecular Hbond substituents is 1. The second-order valence-corrected chi connectivity index (χ2v) is 4.07. The summed E-state index contributed by atoms with van der Waals surface area (Å²) in [5, 5.41) is 10.1. The van der Waals surface area contributed by atoms with Crippen molar-refractivity contribution in [1.29, 1.82) is 0 Å². The molecule has 3 nitrogen and oxygen atoms in total. The Morgan fingerprint density at radius 1 is 1.28 bits per heavy atom. The summed E-state index contributed by atoms with van der Waals surface area (Å²) < 4.78 is 10.5. The van der Waals surface area contributed by atoms with Crippen molar-refractivity contribution in [1.82, 2.24) is 0 Å². The molecule has 0 saturated heterocycles. The molecule has 0 spiro atoms. The number of hydrogen-bond donors (Lipinski definition) is 1. The fraction of sp³-hybridized carbons (Fsp3) is 0.467. The molecule has 0 bridgehead atoms. The molecule has 0 fully saturated rings. The highest BCUT2D eigenvalue weighted by Crippen LogP contribution is 2.29. The van der Waals surface area contributed by atoms with Gasteiger partial charge in [-0.25, -0.2) is 0 Å². The van der Waals surface area contributed by atoms with E-state index < -0.39 is 0 Å². The van der Waals surface area contributed by atoms with E-state index in [0.717, 1.165) is 30.4 Å². The minimum atomic E-state index is 0.276. The first-order valence-electron chi connectivity index (χ1n) is 6.27. The number of unbranched alkanes of at least 4 members (excludes halogenated alkanes) is 1. The van der Waals surface area contributed by atoms with Gasteiger partial charge in [0.1, 0.15) is 17.6 Å². The average Bonchev–Trinajstić information content (AvgIpc) is 2.38. The lowest BCUT2D eigenvalue weighted by Gasteiger charge is -2.11. The van der Waals surface area contributed by atoms with Gasteiger partial charge >= 0.3 is 0 Å². The molecule has 18 heavy (non-hydrogen) atoms. The molecule has 0 amide bonds. The van der Waals surface area contributed by atoms with E-state index in [0.29, 0.717) is 19.0 Å². The maximum atomic E-state index is 10.1. The van der Waals surface area contributed by atoms with Gasteiger partial charge in [0.25, 0.3) is 0 Å². The van der Waals surface area contributed by atoms with Crippen molar-refractivity contribution in [3.05, 3.63) is 23.3 Å². The smallest absolute Gasteiger partial charge is 0.141 e. The van der Waals surface area contributed by atoms with E-state index in [2.05, 4.69) is 13.0 Å². The van der Waals surface area contributed by atoms with Crippen LogP contribution in [0.4, 0.5) is 0 Å². The number of ether oxygens (including phenoxy) is 2. The molecule has 1 rings (SSSR count). The number of aryl methyl sites for hydroxylation is 1. The van der Waals surface area contributed by atoms with Gasteiger partial charge in [-0.15, -0.1) is 0 Å². The third-order valence-corrected chi connectivity index (χ3v) is 2.70. The van der Waals surface area contributed by atoms with E-state index in [9.17, 15) is 5.11 Å². The second-order valence-electron chi connectivity index (χ2n) is 4.07. The SMILES string of the molecule is C#COc1cc(CC)c(O)c(COCCCC)c1. The Morgan fingerprint density at radius 3 is 2.61 bits per heavy atom. The predicted octanol–water partition coefficient (Wildman–Crippen LogP) is 3.24. The van der Waals surface area contributed by atoms with Crippen molar-refractivity contribution >= 4 is 0 Å². The first-order chi connectivity index (χ1) is 8.72. The fourth-order valence-electron chi connectivity index (χ4n) is 1.66. The minimum Gasteiger partial charge on any atom is -0.507 e. The van der Waals surface area contributed by atoms with Gasteiger partial charge < -0.3 is 14.6 Å². The van der Waals surface area contributed by atoms with Crippen LogP contribution in [0.2, 0.25) is 0 Å². The number of benzene rings is 1. The Hall–Kier alpha value is -1.66. The van der Waals surface area contributed by atoms with Crippen LogP contribution < -0.4 is 4.74 Å². The Kier molecular flexibility index (Phi) is 6.10. The zero-order valence-corrected chi connectivity index (χ0v) is 11.0. The van der Waals surface area contributed by atoms with Crippen LogP contribution in [0.5, 0.6) is 11.5 Å². The number of hydrogen-bond acceptors (Lipinski definition) is 3. The van der Waals surface area contributed by atoms with E-state index in [1.54, 1.807) is 12.1 Å². The molecule has 0 aromatic heterocycles. The van der Waals surface area contributed by atoms with Gasteiger partial charge in [0, 0.05) is 12.2 Å². The third kappa shape index (κ3) is 3.97. The van der Waals surface area contributed by atoms with Crippen molar-refractivity contribution < 1.29 is 14.6 Å². The van der Waals surface area contributed by atoms with Gasteiger partial charge in [-0.05, 0) is 30.5 Å². The van der Waals surface area contributed by atoms with Gasteiger partial charge in [-0.1, -0.05) is 26.7 Å². The van der Waals surface area contributed by atoms with Gasteiger partial charge in [0.15, 0.2) is 0 Å². The second kappa shape index (κ2) is 7.62. The molecule has 0 radical (unpaired) electrons. The molecule has 0 atom stereocenters. The Bertz CT molecular complexity index is 418. The lowest BCUT2D eigenvalue weighted by molar-refractivity contribution is 0.116.